The van der Waals surface area contributed by atoms with Crippen molar-refractivity contribution in [1.82, 2.24) is 0 Å². The summed E-state index contributed by atoms with van der Waals surface area (Å²) in [6.07, 6.45) is 0. The van der Waals surface area contributed by atoms with Gasteiger partial charge in [-0.3, -0.25) is 0 Å². The summed E-state index contributed by atoms with van der Waals surface area (Å²) in [6.45, 7) is 0.377. The highest BCUT2D eigenvalue weighted by atomic mass is 32.2. The zero-order valence-corrected chi connectivity index (χ0v) is 10.4. The van der Waals surface area contributed by atoms with Crippen LogP contribution in [0, 0.1) is 11.6 Å². The largest absolute Gasteiger partial charge is 0.490 e. The van der Waals surface area contributed by atoms with E-state index in [1.807, 2.05) is 30.3 Å². The van der Waals surface area contributed by atoms with Crippen molar-refractivity contribution in [3.63, 3.8) is 0 Å². The molecule has 94 valence electrons. The first-order valence-electron chi connectivity index (χ1n) is 5.51. The van der Waals surface area contributed by atoms with Crippen molar-refractivity contribution in [1.29, 1.82) is 0 Å². The Labute approximate surface area is 109 Å². The first kappa shape index (κ1) is 12.9. The number of thioether (sulfide) groups is 1. The van der Waals surface area contributed by atoms with Crippen LogP contribution in [0.3, 0.4) is 0 Å². The molecule has 4 heteroatoms. The Bertz CT molecular complexity index is 502. The molecular weight excluding hydrogens is 254 g/mol. The maximum Gasteiger partial charge on any atom is 0.167 e. The number of hydrogen-bond donors (Lipinski definition) is 0. The summed E-state index contributed by atoms with van der Waals surface area (Å²) < 4.78 is 31.1. The predicted octanol–water partition coefficient (Wildman–Crippen LogP) is 4.14. The van der Waals surface area contributed by atoms with Gasteiger partial charge in [0.15, 0.2) is 11.6 Å². The van der Waals surface area contributed by atoms with E-state index < -0.39 is 11.6 Å². The lowest BCUT2D eigenvalue weighted by Gasteiger charge is -2.07. The summed E-state index contributed by atoms with van der Waals surface area (Å²) in [7, 11) is 0. The minimum absolute atomic E-state index is 0.0880. The standard InChI is InChI=1S/C14H12F2OS/c15-11-6-7-14(13(16)10-11)17-8-9-18-12-4-2-1-3-5-12/h1-7,10H,8-9H2. The molecule has 0 aliphatic carbocycles. The van der Waals surface area contributed by atoms with Crippen molar-refractivity contribution in [2.75, 3.05) is 12.4 Å². The fourth-order valence-corrected chi connectivity index (χ4v) is 2.17. The highest BCUT2D eigenvalue weighted by Gasteiger charge is 2.04. The molecule has 0 heterocycles. The lowest BCUT2D eigenvalue weighted by atomic mass is 10.3. The Hall–Kier alpha value is -1.55. The molecule has 0 unspecified atom stereocenters. The van der Waals surface area contributed by atoms with Gasteiger partial charge in [0.1, 0.15) is 5.82 Å². The Morgan fingerprint density at radius 3 is 2.50 bits per heavy atom. The summed E-state index contributed by atoms with van der Waals surface area (Å²) in [4.78, 5) is 1.14. The SMILES string of the molecule is Fc1ccc(OCCSc2ccccc2)c(F)c1. The minimum Gasteiger partial charge on any atom is -0.490 e. The average molecular weight is 266 g/mol. The van der Waals surface area contributed by atoms with E-state index in [0.29, 0.717) is 12.4 Å². The summed E-state index contributed by atoms with van der Waals surface area (Å²) >= 11 is 1.63. The summed E-state index contributed by atoms with van der Waals surface area (Å²) in [5.41, 5.74) is 0. The van der Waals surface area contributed by atoms with Crippen LogP contribution < -0.4 is 4.74 Å². The van der Waals surface area contributed by atoms with E-state index in [2.05, 4.69) is 0 Å². The van der Waals surface area contributed by atoms with Crippen LogP contribution in [0.25, 0.3) is 0 Å². The van der Waals surface area contributed by atoms with Gasteiger partial charge in [0.05, 0.1) is 6.61 Å². The summed E-state index contributed by atoms with van der Waals surface area (Å²) in [5, 5.41) is 0. The van der Waals surface area contributed by atoms with E-state index in [9.17, 15) is 8.78 Å². The van der Waals surface area contributed by atoms with Gasteiger partial charge in [-0.25, -0.2) is 8.78 Å². The first-order valence-corrected chi connectivity index (χ1v) is 6.50. The van der Waals surface area contributed by atoms with Crippen LogP contribution >= 0.6 is 11.8 Å². The number of hydrogen-bond acceptors (Lipinski definition) is 2. The molecule has 0 aromatic heterocycles. The zero-order valence-electron chi connectivity index (χ0n) is 9.61. The molecule has 0 aliphatic heterocycles. The minimum atomic E-state index is -0.667. The fraction of sp³-hybridized carbons (Fsp3) is 0.143. The van der Waals surface area contributed by atoms with Crippen molar-refractivity contribution < 1.29 is 13.5 Å². The monoisotopic (exact) mass is 266 g/mol. The maximum atomic E-state index is 13.2. The van der Waals surface area contributed by atoms with Gasteiger partial charge in [0.25, 0.3) is 0 Å². The summed E-state index contributed by atoms with van der Waals surface area (Å²) in [5.74, 6) is -0.468. The smallest absolute Gasteiger partial charge is 0.167 e. The molecule has 0 radical (unpaired) electrons. The highest BCUT2D eigenvalue weighted by Crippen LogP contribution is 2.20. The Morgan fingerprint density at radius 2 is 1.78 bits per heavy atom. The van der Waals surface area contributed by atoms with Gasteiger partial charge >= 0.3 is 0 Å². The van der Waals surface area contributed by atoms with Gasteiger partial charge in [-0.2, -0.15) is 0 Å². The molecule has 0 saturated carbocycles. The molecule has 2 rings (SSSR count). The molecule has 1 nitrogen and oxygen atoms in total. The second kappa shape index (κ2) is 6.40. The third-order valence-corrected chi connectivity index (χ3v) is 3.22. The van der Waals surface area contributed by atoms with E-state index in [-0.39, 0.29) is 5.75 Å². The molecular formula is C14H12F2OS. The molecule has 2 aromatic rings. The van der Waals surface area contributed by atoms with Crippen LogP contribution in [0.2, 0.25) is 0 Å². The molecule has 0 bridgehead atoms. The molecule has 0 amide bonds. The van der Waals surface area contributed by atoms with Crippen LogP contribution in [0.1, 0.15) is 0 Å². The zero-order chi connectivity index (χ0) is 12.8. The highest BCUT2D eigenvalue weighted by molar-refractivity contribution is 7.99. The van der Waals surface area contributed by atoms with Gasteiger partial charge in [-0.15, -0.1) is 11.8 Å². The normalized spacial score (nSPS) is 10.3. The topological polar surface area (TPSA) is 9.23 Å². The fourth-order valence-electron chi connectivity index (χ4n) is 1.42. The molecule has 0 atom stereocenters. The van der Waals surface area contributed by atoms with E-state index in [1.54, 1.807) is 11.8 Å². The van der Waals surface area contributed by atoms with Gasteiger partial charge in [0, 0.05) is 16.7 Å². The van der Waals surface area contributed by atoms with E-state index in [4.69, 9.17) is 4.74 Å². The van der Waals surface area contributed by atoms with Crippen LogP contribution in [-0.4, -0.2) is 12.4 Å². The van der Waals surface area contributed by atoms with Crippen LogP contribution in [0.15, 0.2) is 53.4 Å². The quantitative estimate of drug-likeness (QED) is 0.594. The third kappa shape index (κ3) is 3.74. The second-order valence-corrected chi connectivity index (χ2v) is 4.75. The van der Waals surface area contributed by atoms with Crippen LogP contribution in [0.4, 0.5) is 8.78 Å². The second-order valence-electron chi connectivity index (χ2n) is 3.58. The van der Waals surface area contributed by atoms with E-state index in [1.165, 1.54) is 12.1 Å². The van der Waals surface area contributed by atoms with Gasteiger partial charge in [0.2, 0.25) is 0 Å². The van der Waals surface area contributed by atoms with Gasteiger partial charge in [-0.1, -0.05) is 18.2 Å². The molecule has 2 aromatic carbocycles. The molecule has 18 heavy (non-hydrogen) atoms. The maximum absolute atomic E-state index is 13.2. The Balaban J connectivity index is 1.79. The predicted molar refractivity (Wildman–Crippen MR) is 69.0 cm³/mol. The lowest BCUT2D eigenvalue weighted by molar-refractivity contribution is 0.323. The van der Waals surface area contributed by atoms with Crippen LogP contribution in [0.5, 0.6) is 5.75 Å². The number of ether oxygens (including phenoxy) is 1. The van der Waals surface area contributed by atoms with Crippen molar-refractivity contribution in [2.45, 2.75) is 4.90 Å². The molecule has 0 spiro atoms. The Kier molecular flexibility index (Phi) is 4.59. The van der Waals surface area contributed by atoms with Crippen molar-refractivity contribution in [2.24, 2.45) is 0 Å². The lowest BCUT2D eigenvalue weighted by Crippen LogP contribution is -2.01. The van der Waals surface area contributed by atoms with Gasteiger partial charge < -0.3 is 4.74 Å². The van der Waals surface area contributed by atoms with Gasteiger partial charge in [-0.05, 0) is 24.3 Å². The Morgan fingerprint density at radius 1 is 1.00 bits per heavy atom. The number of benzene rings is 2. The molecule has 0 N–H and O–H groups in total. The molecule has 0 saturated heterocycles. The molecule has 0 fully saturated rings. The van der Waals surface area contributed by atoms with Crippen molar-refractivity contribution in [3.05, 3.63) is 60.2 Å². The van der Waals surface area contributed by atoms with Crippen LogP contribution in [-0.2, 0) is 0 Å². The van der Waals surface area contributed by atoms with E-state index in [0.717, 1.165) is 11.0 Å². The number of halogens is 2. The van der Waals surface area contributed by atoms with Crippen molar-refractivity contribution >= 4 is 11.8 Å². The van der Waals surface area contributed by atoms with Crippen molar-refractivity contribution in [3.8, 4) is 5.75 Å². The third-order valence-electron chi connectivity index (χ3n) is 2.25. The van der Waals surface area contributed by atoms with E-state index >= 15 is 0 Å². The number of rotatable bonds is 5. The summed E-state index contributed by atoms with van der Waals surface area (Å²) in [6, 6.07) is 13.2. The first-order chi connectivity index (χ1) is 8.75. The average Bonchev–Trinajstić information content (AvgIpc) is 2.38. The molecule has 0 aliphatic rings.